The molecule has 0 aromatic heterocycles. The number of primary amides is 1. The van der Waals surface area contributed by atoms with Crippen molar-refractivity contribution < 1.29 is 19.8 Å². The van der Waals surface area contributed by atoms with Crippen molar-refractivity contribution in [1.82, 2.24) is 0 Å². The third kappa shape index (κ3) is 3.45. The summed E-state index contributed by atoms with van der Waals surface area (Å²) in [7, 11) is 0. The molecule has 1 aromatic carbocycles. The molecule has 0 spiro atoms. The Balaban J connectivity index is 2.97. The number of amides is 1. The summed E-state index contributed by atoms with van der Waals surface area (Å²) in [6, 6.07) is 5.98. The summed E-state index contributed by atoms with van der Waals surface area (Å²) in [5.41, 5.74) is 5.66. The minimum atomic E-state index is -1.12. The minimum Gasteiger partial charge on any atom is -0.508 e. The molecule has 0 heterocycles. The maximum Gasteiger partial charge on any atom is 0.308 e. The van der Waals surface area contributed by atoms with Gasteiger partial charge in [-0.15, -0.1) is 0 Å². The highest BCUT2D eigenvalue weighted by Gasteiger charge is 2.09. The van der Waals surface area contributed by atoms with Crippen molar-refractivity contribution in [2.75, 3.05) is 0 Å². The van der Waals surface area contributed by atoms with Gasteiger partial charge in [-0.05, 0) is 23.8 Å². The van der Waals surface area contributed by atoms with Crippen LogP contribution in [0.3, 0.4) is 0 Å². The van der Waals surface area contributed by atoms with E-state index in [0.29, 0.717) is 5.56 Å². The largest absolute Gasteiger partial charge is 0.508 e. The van der Waals surface area contributed by atoms with Gasteiger partial charge < -0.3 is 15.9 Å². The summed E-state index contributed by atoms with van der Waals surface area (Å²) < 4.78 is 0. The van der Waals surface area contributed by atoms with Crippen LogP contribution >= 0.6 is 0 Å². The SMILES string of the molecule is NC(=O)C(=Cc1ccc(O)cc1)CC(=O)O. The lowest BCUT2D eigenvalue weighted by atomic mass is 10.1. The number of phenols is 1. The van der Waals surface area contributed by atoms with Crippen LogP contribution in [0.4, 0.5) is 0 Å². The van der Waals surface area contributed by atoms with E-state index in [1.54, 1.807) is 12.1 Å². The van der Waals surface area contributed by atoms with Gasteiger partial charge >= 0.3 is 5.97 Å². The fourth-order valence-electron chi connectivity index (χ4n) is 1.14. The van der Waals surface area contributed by atoms with E-state index in [-0.39, 0.29) is 11.3 Å². The molecule has 1 rings (SSSR count). The summed E-state index contributed by atoms with van der Waals surface area (Å²) in [6.45, 7) is 0. The molecule has 0 atom stereocenters. The van der Waals surface area contributed by atoms with E-state index < -0.39 is 18.3 Å². The molecule has 5 heteroatoms. The van der Waals surface area contributed by atoms with Crippen LogP contribution in [-0.4, -0.2) is 22.1 Å². The number of phenolic OH excluding ortho intramolecular Hbond substituents is 1. The molecule has 84 valence electrons. The van der Waals surface area contributed by atoms with Crippen molar-refractivity contribution >= 4 is 18.0 Å². The molecule has 0 fully saturated rings. The molecule has 4 N–H and O–H groups in total. The molecule has 1 amide bonds. The molecule has 0 saturated carbocycles. The smallest absolute Gasteiger partial charge is 0.308 e. The third-order valence-electron chi connectivity index (χ3n) is 1.89. The zero-order chi connectivity index (χ0) is 12.1. The van der Waals surface area contributed by atoms with Crippen LogP contribution in [0, 0.1) is 0 Å². The topological polar surface area (TPSA) is 101 Å². The van der Waals surface area contributed by atoms with Crippen molar-refractivity contribution in [3.05, 3.63) is 35.4 Å². The molecule has 5 nitrogen and oxygen atoms in total. The van der Waals surface area contributed by atoms with E-state index in [1.807, 2.05) is 0 Å². The van der Waals surface area contributed by atoms with Crippen molar-refractivity contribution in [2.24, 2.45) is 5.73 Å². The zero-order valence-corrected chi connectivity index (χ0v) is 8.38. The first-order chi connectivity index (χ1) is 7.49. The number of carboxylic acids is 1. The highest BCUT2D eigenvalue weighted by atomic mass is 16.4. The summed E-state index contributed by atoms with van der Waals surface area (Å²) >= 11 is 0. The molecule has 16 heavy (non-hydrogen) atoms. The van der Waals surface area contributed by atoms with Gasteiger partial charge in [-0.25, -0.2) is 0 Å². The van der Waals surface area contributed by atoms with Crippen LogP contribution in [0.2, 0.25) is 0 Å². The maximum atomic E-state index is 10.9. The van der Waals surface area contributed by atoms with Gasteiger partial charge in [-0.2, -0.15) is 0 Å². The first kappa shape index (κ1) is 11.8. The van der Waals surface area contributed by atoms with Crippen molar-refractivity contribution in [2.45, 2.75) is 6.42 Å². The standard InChI is InChI=1S/C11H11NO4/c12-11(16)8(6-10(14)15)5-7-1-3-9(13)4-2-7/h1-5,13H,6H2,(H2,12,16)(H,14,15). The Kier molecular flexibility index (Phi) is 3.66. The van der Waals surface area contributed by atoms with E-state index in [2.05, 4.69) is 0 Å². The predicted octanol–water partition coefficient (Wildman–Crippen LogP) is 0.736. The normalized spacial score (nSPS) is 11.1. The Hall–Kier alpha value is -2.30. The number of rotatable bonds is 4. The maximum absolute atomic E-state index is 10.9. The molecule has 0 radical (unpaired) electrons. The fraction of sp³-hybridized carbons (Fsp3) is 0.0909. The summed E-state index contributed by atoms with van der Waals surface area (Å²) in [5, 5.41) is 17.6. The van der Waals surface area contributed by atoms with Crippen molar-refractivity contribution in [3.8, 4) is 5.75 Å². The minimum absolute atomic E-state index is 0.0122. The van der Waals surface area contributed by atoms with Gasteiger partial charge in [0, 0.05) is 5.57 Å². The van der Waals surface area contributed by atoms with Crippen LogP contribution in [-0.2, 0) is 9.59 Å². The van der Waals surface area contributed by atoms with Crippen LogP contribution in [0.25, 0.3) is 6.08 Å². The Labute approximate surface area is 91.8 Å². The first-order valence-electron chi connectivity index (χ1n) is 4.50. The van der Waals surface area contributed by atoms with Gasteiger partial charge in [0.25, 0.3) is 0 Å². The quantitative estimate of drug-likeness (QED) is 0.652. The predicted molar refractivity (Wildman–Crippen MR) is 57.5 cm³/mol. The van der Waals surface area contributed by atoms with E-state index >= 15 is 0 Å². The highest BCUT2D eigenvalue weighted by Crippen LogP contribution is 2.14. The number of carbonyl (C=O) groups is 2. The second-order valence-electron chi connectivity index (χ2n) is 3.20. The average molecular weight is 221 g/mol. The van der Waals surface area contributed by atoms with E-state index in [9.17, 15) is 9.59 Å². The summed E-state index contributed by atoms with van der Waals surface area (Å²) in [6.07, 6.45) is 0.964. The lowest BCUT2D eigenvalue weighted by Crippen LogP contribution is -2.16. The molecule has 1 aromatic rings. The number of nitrogens with two attached hydrogens (primary N) is 1. The Bertz CT molecular complexity index is 434. The third-order valence-corrected chi connectivity index (χ3v) is 1.89. The van der Waals surface area contributed by atoms with Gasteiger partial charge in [0.2, 0.25) is 5.91 Å². The molecular formula is C11H11NO4. The highest BCUT2D eigenvalue weighted by molar-refractivity contribution is 6.00. The van der Waals surface area contributed by atoms with E-state index in [4.69, 9.17) is 15.9 Å². The second kappa shape index (κ2) is 4.97. The number of aromatic hydroxyl groups is 1. The van der Waals surface area contributed by atoms with Crippen molar-refractivity contribution in [1.29, 1.82) is 0 Å². The fourth-order valence-corrected chi connectivity index (χ4v) is 1.14. The van der Waals surface area contributed by atoms with Gasteiger partial charge in [0.05, 0.1) is 6.42 Å². The molecule has 0 aliphatic carbocycles. The van der Waals surface area contributed by atoms with Gasteiger partial charge in [-0.1, -0.05) is 12.1 Å². The van der Waals surface area contributed by atoms with Gasteiger partial charge in [-0.3, -0.25) is 9.59 Å². The number of hydrogen-bond acceptors (Lipinski definition) is 3. The summed E-state index contributed by atoms with van der Waals surface area (Å²) in [4.78, 5) is 21.4. The van der Waals surface area contributed by atoms with Crippen molar-refractivity contribution in [3.63, 3.8) is 0 Å². The number of benzene rings is 1. The average Bonchev–Trinajstić information content (AvgIpc) is 2.19. The first-order valence-corrected chi connectivity index (χ1v) is 4.50. The van der Waals surface area contributed by atoms with E-state index in [0.717, 1.165) is 0 Å². The van der Waals surface area contributed by atoms with Gasteiger partial charge in [0.1, 0.15) is 5.75 Å². The molecule has 0 bridgehead atoms. The zero-order valence-electron chi connectivity index (χ0n) is 8.38. The molecular weight excluding hydrogens is 210 g/mol. The lowest BCUT2D eigenvalue weighted by molar-refractivity contribution is -0.136. The van der Waals surface area contributed by atoms with Crippen LogP contribution in [0.15, 0.2) is 29.8 Å². The summed E-state index contributed by atoms with van der Waals surface area (Å²) in [5.74, 6) is -1.80. The van der Waals surface area contributed by atoms with Crippen LogP contribution in [0.5, 0.6) is 5.75 Å². The number of carboxylic acid groups (broad SMARTS) is 1. The molecule has 0 saturated heterocycles. The Morgan fingerprint density at radius 1 is 1.25 bits per heavy atom. The van der Waals surface area contributed by atoms with E-state index in [1.165, 1.54) is 18.2 Å². The number of aliphatic carboxylic acids is 1. The molecule has 0 aliphatic rings. The molecule has 0 aliphatic heterocycles. The van der Waals surface area contributed by atoms with Crippen LogP contribution < -0.4 is 5.73 Å². The Morgan fingerprint density at radius 3 is 2.25 bits per heavy atom. The molecule has 0 unspecified atom stereocenters. The number of hydrogen-bond donors (Lipinski definition) is 3. The second-order valence-corrected chi connectivity index (χ2v) is 3.20. The monoisotopic (exact) mass is 221 g/mol. The lowest BCUT2D eigenvalue weighted by Gasteiger charge is -2.00. The van der Waals surface area contributed by atoms with Gasteiger partial charge in [0.15, 0.2) is 0 Å². The number of carbonyl (C=O) groups excluding carboxylic acids is 1. The Morgan fingerprint density at radius 2 is 1.81 bits per heavy atom. The van der Waals surface area contributed by atoms with Crippen LogP contribution in [0.1, 0.15) is 12.0 Å².